The van der Waals surface area contributed by atoms with Gasteiger partial charge in [-0.3, -0.25) is 4.79 Å². The van der Waals surface area contributed by atoms with E-state index in [2.05, 4.69) is 37.2 Å². The first-order valence-electron chi connectivity index (χ1n) is 7.22. The Bertz CT molecular complexity index is 920. The maximum absolute atomic E-state index is 12.3. The number of ether oxygens (including phenoxy) is 1. The molecule has 0 aliphatic carbocycles. The quantitative estimate of drug-likeness (QED) is 0.477. The number of nitriles is 1. The van der Waals surface area contributed by atoms with Gasteiger partial charge in [-0.05, 0) is 57.9 Å². The molecule has 8 heteroatoms. The molecule has 1 amide bonds. The summed E-state index contributed by atoms with van der Waals surface area (Å²) in [5, 5.41) is 20.6. The monoisotopic (exact) mass is 478 g/mol. The molecule has 0 saturated heterocycles. The van der Waals surface area contributed by atoms with Gasteiger partial charge in [0.25, 0.3) is 5.91 Å². The summed E-state index contributed by atoms with van der Waals surface area (Å²) in [5.41, 5.74) is 1.07. The predicted molar refractivity (Wildman–Crippen MR) is 104 cm³/mol. The molecule has 0 atom stereocenters. The highest BCUT2D eigenvalue weighted by atomic mass is 79.9. The van der Waals surface area contributed by atoms with Gasteiger partial charge in [0, 0.05) is 10.2 Å². The van der Waals surface area contributed by atoms with E-state index < -0.39 is 18.5 Å². The summed E-state index contributed by atoms with van der Waals surface area (Å²) in [5.74, 6) is -1.27. The maximum Gasteiger partial charge on any atom is 0.341 e. The minimum atomic E-state index is -1.09. The van der Waals surface area contributed by atoms with Crippen LogP contribution < -0.4 is 10.1 Å². The van der Waals surface area contributed by atoms with Crippen molar-refractivity contribution < 1.29 is 19.4 Å². The lowest BCUT2D eigenvalue weighted by molar-refractivity contribution is -0.139. The fourth-order valence-corrected chi connectivity index (χ4v) is 2.85. The van der Waals surface area contributed by atoms with Gasteiger partial charge in [-0.1, -0.05) is 28.1 Å². The van der Waals surface area contributed by atoms with Crippen LogP contribution in [-0.4, -0.2) is 23.6 Å². The Labute approximate surface area is 166 Å². The zero-order valence-corrected chi connectivity index (χ0v) is 16.4. The fraction of sp³-hybridized carbons (Fsp3) is 0.0556. The van der Waals surface area contributed by atoms with Crippen molar-refractivity contribution in [2.75, 3.05) is 11.9 Å². The van der Waals surface area contributed by atoms with Crippen LogP contribution in [0.1, 0.15) is 5.56 Å². The van der Waals surface area contributed by atoms with Gasteiger partial charge in [0.15, 0.2) is 6.61 Å². The molecule has 26 heavy (non-hydrogen) atoms. The zero-order chi connectivity index (χ0) is 19.1. The van der Waals surface area contributed by atoms with Gasteiger partial charge < -0.3 is 15.2 Å². The Morgan fingerprint density at radius 1 is 1.23 bits per heavy atom. The van der Waals surface area contributed by atoms with E-state index in [4.69, 9.17) is 9.84 Å². The smallest absolute Gasteiger partial charge is 0.341 e. The molecule has 2 N–H and O–H groups in total. The third kappa shape index (κ3) is 5.72. The molecular weight excluding hydrogens is 468 g/mol. The number of rotatable bonds is 6. The fourth-order valence-electron chi connectivity index (χ4n) is 1.94. The van der Waals surface area contributed by atoms with Crippen molar-refractivity contribution in [3.63, 3.8) is 0 Å². The molecule has 6 nitrogen and oxygen atoms in total. The highest BCUT2D eigenvalue weighted by Gasteiger charge is 2.11. The number of hydrogen-bond acceptors (Lipinski definition) is 4. The number of halogens is 2. The van der Waals surface area contributed by atoms with Crippen molar-refractivity contribution in [2.24, 2.45) is 0 Å². The van der Waals surface area contributed by atoms with E-state index in [9.17, 15) is 14.9 Å². The van der Waals surface area contributed by atoms with Crippen molar-refractivity contribution >= 4 is 55.5 Å². The van der Waals surface area contributed by atoms with E-state index >= 15 is 0 Å². The highest BCUT2D eigenvalue weighted by Crippen LogP contribution is 2.27. The van der Waals surface area contributed by atoms with Crippen LogP contribution in [-0.2, 0) is 9.59 Å². The summed E-state index contributed by atoms with van der Waals surface area (Å²) >= 11 is 6.58. The minimum Gasteiger partial charge on any atom is -0.481 e. The van der Waals surface area contributed by atoms with Gasteiger partial charge in [0.2, 0.25) is 0 Å². The number of hydrogen-bond donors (Lipinski definition) is 2. The average Bonchev–Trinajstić information content (AvgIpc) is 2.58. The van der Waals surface area contributed by atoms with Crippen LogP contribution >= 0.6 is 31.9 Å². The van der Waals surface area contributed by atoms with Crippen molar-refractivity contribution in [1.82, 2.24) is 0 Å². The molecule has 0 radical (unpaired) electrons. The topological polar surface area (TPSA) is 99.4 Å². The first-order valence-corrected chi connectivity index (χ1v) is 8.80. The molecule has 132 valence electrons. The normalized spacial score (nSPS) is 10.7. The number of carbonyl (C=O) groups is 2. The van der Waals surface area contributed by atoms with Gasteiger partial charge in [0.1, 0.15) is 17.4 Å². The average molecular weight is 480 g/mol. The number of carboxylic acid groups (broad SMARTS) is 1. The molecule has 0 fully saturated rings. The summed E-state index contributed by atoms with van der Waals surface area (Å²) in [7, 11) is 0. The SMILES string of the molecule is N#C/C(=C/c1ccc(OCC(=O)O)c(Br)c1)C(=O)Nc1cccc(Br)c1. The molecule has 0 saturated carbocycles. The Hall–Kier alpha value is -2.63. The first-order chi connectivity index (χ1) is 12.4. The van der Waals surface area contributed by atoms with E-state index in [1.165, 1.54) is 6.08 Å². The summed E-state index contributed by atoms with van der Waals surface area (Å²) in [6.07, 6.45) is 1.43. The summed E-state index contributed by atoms with van der Waals surface area (Å²) in [6.45, 7) is -0.466. The van der Waals surface area contributed by atoms with Crippen LogP contribution in [0.25, 0.3) is 6.08 Å². The number of anilines is 1. The van der Waals surface area contributed by atoms with Crippen LogP contribution in [0.2, 0.25) is 0 Å². The predicted octanol–water partition coefficient (Wildman–Crippen LogP) is 4.22. The number of benzene rings is 2. The van der Waals surface area contributed by atoms with Gasteiger partial charge >= 0.3 is 5.97 Å². The zero-order valence-electron chi connectivity index (χ0n) is 13.2. The lowest BCUT2D eigenvalue weighted by Crippen LogP contribution is -2.13. The minimum absolute atomic E-state index is 0.0731. The second-order valence-electron chi connectivity index (χ2n) is 5.01. The third-order valence-electron chi connectivity index (χ3n) is 3.07. The summed E-state index contributed by atoms with van der Waals surface area (Å²) < 4.78 is 6.42. The van der Waals surface area contributed by atoms with Crippen LogP contribution in [0.15, 0.2) is 57.0 Å². The standard InChI is InChI=1S/C18H12Br2N2O4/c19-13-2-1-3-14(8-13)22-18(25)12(9-21)6-11-4-5-16(15(20)7-11)26-10-17(23)24/h1-8H,10H2,(H,22,25)(H,23,24)/b12-6-. The van der Waals surface area contributed by atoms with Crippen LogP contribution in [0.3, 0.4) is 0 Å². The summed E-state index contributed by atoms with van der Waals surface area (Å²) in [4.78, 5) is 22.8. The van der Waals surface area contributed by atoms with Crippen LogP contribution in [0.5, 0.6) is 5.75 Å². The molecule has 2 aromatic carbocycles. The van der Waals surface area contributed by atoms with Gasteiger partial charge in [-0.25, -0.2) is 4.79 Å². The molecular formula is C18H12Br2N2O4. The van der Waals surface area contributed by atoms with E-state index in [1.807, 2.05) is 12.1 Å². The molecule has 0 aromatic heterocycles. The number of aliphatic carboxylic acids is 1. The Morgan fingerprint density at radius 3 is 2.62 bits per heavy atom. The Balaban J connectivity index is 2.17. The van der Waals surface area contributed by atoms with Crippen molar-refractivity contribution in [2.45, 2.75) is 0 Å². The third-order valence-corrected chi connectivity index (χ3v) is 4.18. The molecule has 0 heterocycles. The molecule has 0 aliphatic heterocycles. The second kappa shape index (κ2) is 9.17. The lowest BCUT2D eigenvalue weighted by atomic mass is 10.1. The van der Waals surface area contributed by atoms with E-state index in [-0.39, 0.29) is 5.57 Å². The van der Waals surface area contributed by atoms with Crippen molar-refractivity contribution in [1.29, 1.82) is 5.26 Å². The second-order valence-corrected chi connectivity index (χ2v) is 6.78. The van der Waals surface area contributed by atoms with E-state index in [0.717, 1.165) is 4.47 Å². The highest BCUT2D eigenvalue weighted by molar-refractivity contribution is 9.10. The van der Waals surface area contributed by atoms with Crippen LogP contribution in [0.4, 0.5) is 5.69 Å². The van der Waals surface area contributed by atoms with Gasteiger partial charge in [-0.2, -0.15) is 5.26 Å². The van der Waals surface area contributed by atoms with Gasteiger partial charge in [0.05, 0.1) is 4.47 Å². The Morgan fingerprint density at radius 2 is 2.00 bits per heavy atom. The number of carboxylic acids is 1. The number of nitrogens with zero attached hydrogens (tertiary/aromatic N) is 1. The Kier molecular flexibility index (Phi) is 6.95. The lowest BCUT2D eigenvalue weighted by Gasteiger charge is -2.07. The molecule has 0 unspecified atom stereocenters. The van der Waals surface area contributed by atoms with Crippen LogP contribution in [0, 0.1) is 11.3 Å². The van der Waals surface area contributed by atoms with E-state index in [1.54, 1.807) is 36.4 Å². The molecule has 0 spiro atoms. The largest absolute Gasteiger partial charge is 0.481 e. The molecule has 2 aromatic rings. The summed E-state index contributed by atoms with van der Waals surface area (Å²) in [6, 6.07) is 13.7. The van der Waals surface area contributed by atoms with Gasteiger partial charge in [-0.15, -0.1) is 0 Å². The molecule has 2 rings (SSSR count). The maximum atomic E-state index is 12.3. The number of nitrogens with one attached hydrogen (secondary N) is 1. The molecule has 0 bridgehead atoms. The molecule has 0 aliphatic rings. The number of carbonyl (C=O) groups excluding carboxylic acids is 1. The first kappa shape index (κ1) is 19.7. The van der Waals surface area contributed by atoms with E-state index in [0.29, 0.717) is 21.5 Å². The van der Waals surface area contributed by atoms with Crippen molar-refractivity contribution in [3.8, 4) is 11.8 Å². The van der Waals surface area contributed by atoms with Crippen molar-refractivity contribution in [3.05, 3.63) is 62.5 Å². The number of amides is 1.